The highest BCUT2D eigenvalue weighted by Gasteiger charge is 2.55. The van der Waals surface area contributed by atoms with Crippen LogP contribution in [0.2, 0.25) is 0 Å². The van der Waals surface area contributed by atoms with Gasteiger partial charge in [0.05, 0.1) is 5.92 Å². The molecule has 112 valence electrons. The lowest BCUT2D eigenvalue weighted by Gasteiger charge is -2.60. The Labute approximate surface area is 126 Å². The molecule has 1 N–H and O–H groups in total. The van der Waals surface area contributed by atoms with Crippen LogP contribution in [0.5, 0.6) is 0 Å². The van der Waals surface area contributed by atoms with Gasteiger partial charge < -0.3 is 5.11 Å². The Morgan fingerprint density at radius 1 is 1.29 bits per heavy atom. The second-order valence-electron chi connectivity index (χ2n) is 6.96. The maximum absolute atomic E-state index is 11.6. The van der Waals surface area contributed by atoms with E-state index in [1.165, 1.54) is 11.1 Å². The van der Waals surface area contributed by atoms with E-state index in [9.17, 15) is 9.90 Å². The van der Waals surface area contributed by atoms with Crippen LogP contribution in [0.3, 0.4) is 0 Å². The van der Waals surface area contributed by atoms with Crippen molar-refractivity contribution < 1.29 is 9.90 Å². The maximum Gasteiger partial charge on any atom is 0.308 e. The standard InChI is InChI=1S/C18H23NO2/c1-2-7-19-16-8-11-5-3-4-6-12(11)13-10-17(19)15(18(20)21)9-14(13)16/h3-6,13-17H,2,7-10H2,1H3,(H,20,21). The second kappa shape index (κ2) is 4.84. The van der Waals surface area contributed by atoms with Gasteiger partial charge in [-0.25, -0.2) is 0 Å². The van der Waals surface area contributed by atoms with E-state index in [0.717, 1.165) is 32.2 Å². The zero-order valence-corrected chi connectivity index (χ0v) is 12.5. The highest BCUT2D eigenvalue weighted by Crippen LogP contribution is 2.54. The number of carboxylic acid groups (broad SMARTS) is 1. The summed E-state index contributed by atoms with van der Waals surface area (Å²) in [6.07, 6.45) is 4.14. The molecule has 21 heavy (non-hydrogen) atoms. The van der Waals surface area contributed by atoms with Crippen LogP contribution in [-0.4, -0.2) is 34.6 Å². The molecule has 2 saturated heterocycles. The number of carbonyl (C=O) groups is 1. The summed E-state index contributed by atoms with van der Waals surface area (Å²) < 4.78 is 0. The molecule has 4 bridgehead atoms. The summed E-state index contributed by atoms with van der Waals surface area (Å²) in [5, 5.41) is 9.58. The number of benzene rings is 1. The summed E-state index contributed by atoms with van der Waals surface area (Å²) in [5.74, 6) is 0.391. The molecule has 0 aromatic heterocycles. The first kappa shape index (κ1) is 13.3. The van der Waals surface area contributed by atoms with Gasteiger partial charge in [0.25, 0.3) is 0 Å². The lowest BCUT2D eigenvalue weighted by Crippen LogP contribution is -2.64. The molecule has 0 spiro atoms. The molecule has 5 rings (SSSR count). The van der Waals surface area contributed by atoms with Crippen LogP contribution in [0, 0.1) is 11.8 Å². The molecule has 1 aromatic carbocycles. The van der Waals surface area contributed by atoms with Gasteiger partial charge in [-0.1, -0.05) is 31.2 Å². The average Bonchev–Trinajstić information content (AvgIpc) is 2.50. The molecule has 0 radical (unpaired) electrons. The Morgan fingerprint density at radius 2 is 2.10 bits per heavy atom. The summed E-state index contributed by atoms with van der Waals surface area (Å²) in [6.45, 7) is 3.25. The predicted molar refractivity (Wildman–Crippen MR) is 81.3 cm³/mol. The van der Waals surface area contributed by atoms with E-state index in [0.29, 0.717) is 17.9 Å². The molecule has 3 fully saturated rings. The third-order valence-electron chi connectivity index (χ3n) is 6.03. The predicted octanol–water partition coefficient (Wildman–Crippen LogP) is 2.90. The van der Waals surface area contributed by atoms with E-state index in [4.69, 9.17) is 0 Å². The minimum absolute atomic E-state index is 0.153. The van der Waals surface area contributed by atoms with Crippen molar-refractivity contribution >= 4 is 5.97 Å². The third kappa shape index (κ3) is 1.87. The van der Waals surface area contributed by atoms with Gasteiger partial charge in [-0.3, -0.25) is 9.69 Å². The van der Waals surface area contributed by atoms with Gasteiger partial charge in [0, 0.05) is 12.1 Å². The molecule has 2 aliphatic carbocycles. The Morgan fingerprint density at radius 3 is 2.86 bits per heavy atom. The average molecular weight is 285 g/mol. The monoisotopic (exact) mass is 285 g/mol. The first-order valence-electron chi connectivity index (χ1n) is 8.27. The fourth-order valence-electron chi connectivity index (χ4n) is 5.29. The number of nitrogens with zero attached hydrogens (tertiary/aromatic N) is 1. The normalized spacial score (nSPS) is 37.3. The molecule has 0 amide bonds. The summed E-state index contributed by atoms with van der Waals surface area (Å²) >= 11 is 0. The molecule has 4 aliphatic rings. The maximum atomic E-state index is 11.6. The van der Waals surface area contributed by atoms with Crippen molar-refractivity contribution in [2.24, 2.45) is 11.8 Å². The minimum Gasteiger partial charge on any atom is -0.481 e. The van der Waals surface area contributed by atoms with Crippen LogP contribution in [-0.2, 0) is 11.2 Å². The molecule has 2 aliphatic heterocycles. The molecule has 3 heteroatoms. The summed E-state index contributed by atoms with van der Waals surface area (Å²) in [6, 6.07) is 9.64. The van der Waals surface area contributed by atoms with Crippen molar-refractivity contribution in [1.82, 2.24) is 4.90 Å². The van der Waals surface area contributed by atoms with Crippen molar-refractivity contribution in [3.05, 3.63) is 35.4 Å². The Bertz CT molecular complexity index is 570. The van der Waals surface area contributed by atoms with Crippen LogP contribution in [0.15, 0.2) is 24.3 Å². The number of carboxylic acids is 1. The van der Waals surface area contributed by atoms with Crippen LogP contribution in [0.25, 0.3) is 0 Å². The quantitative estimate of drug-likeness (QED) is 0.928. The van der Waals surface area contributed by atoms with Gasteiger partial charge in [0.1, 0.15) is 0 Å². The zero-order valence-electron chi connectivity index (χ0n) is 12.5. The van der Waals surface area contributed by atoms with Gasteiger partial charge in [-0.2, -0.15) is 0 Å². The van der Waals surface area contributed by atoms with Crippen molar-refractivity contribution in [2.75, 3.05) is 6.54 Å². The van der Waals surface area contributed by atoms with Gasteiger partial charge in [-0.15, -0.1) is 0 Å². The van der Waals surface area contributed by atoms with E-state index in [2.05, 4.69) is 36.1 Å². The van der Waals surface area contributed by atoms with Crippen LogP contribution in [0.1, 0.15) is 43.2 Å². The Kier molecular flexibility index (Phi) is 3.07. The lowest BCUT2D eigenvalue weighted by molar-refractivity contribution is -0.155. The minimum atomic E-state index is -0.586. The number of rotatable bonds is 3. The van der Waals surface area contributed by atoms with E-state index in [1.54, 1.807) is 0 Å². The van der Waals surface area contributed by atoms with Gasteiger partial charge in [0.15, 0.2) is 0 Å². The van der Waals surface area contributed by atoms with Crippen molar-refractivity contribution in [1.29, 1.82) is 0 Å². The smallest absolute Gasteiger partial charge is 0.308 e. The largest absolute Gasteiger partial charge is 0.481 e. The summed E-state index contributed by atoms with van der Waals surface area (Å²) in [4.78, 5) is 14.2. The number of aliphatic carboxylic acids is 1. The highest BCUT2D eigenvalue weighted by molar-refractivity contribution is 5.71. The van der Waals surface area contributed by atoms with Crippen molar-refractivity contribution in [2.45, 2.75) is 50.6 Å². The molecule has 1 saturated carbocycles. The molecule has 2 heterocycles. The van der Waals surface area contributed by atoms with Crippen LogP contribution in [0.4, 0.5) is 0 Å². The highest BCUT2D eigenvalue weighted by atomic mass is 16.4. The zero-order chi connectivity index (χ0) is 14.6. The lowest BCUT2D eigenvalue weighted by atomic mass is 9.57. The Hall–Kier alpha value is -1.35. The fourth-order valence-corrected chi connectivity index (χ4v) is 5.29. The van der Waals surface area contributed by atoms with Crippen LogP contribution >= 0.6 is 0 Å². The van der Waals surface area contributed by atoms with E-state index in [1.807, 2.05) is 0 Å². The van der Waals surface area contributed by atoms with Gasteiger partial charge >= 0.3 is 5.97 Å². The summed E-state index contributed by atoms with van der Waals surface area (Å²) in [5.41, 5.74) is 3.00. The second-order valence-corrected chi connectivity index (χ2v) is 6.96. The van der Waals surface area contributed by atoms with Crippen molar-refractivity contribution in [3.8, 4) is 0 Å². The fraction of sp³-hybridized carbons (Fsp3) is 0.611. The summed E-state index contributed by atoms with van der Waals surface area (Å²) in [7, 11) is 0. The van der Waals surface area contributed by atoms with E-state index in [-0.39, 0.29) is 12.0 Å². The first-order chi connectivity index (χ1) is 10.2. The molecule has 5 unspecified atom stereocenters. The number of hydrogen-bond donors (Lipinski definition) is 1. The van der Waals surface area contributed by atoms with Crippen molar-refractivity contribution in [3.63, 3.8) is 0 Å². The topological polar surface area (TPSA) is 40.5 Å². The number of piperidine rings is 2. The molecule has 3 nitrogen and oxygen atoms in total. The van der Waals surface area contributed by atoms with Crippen LogP contribution < -0.4 is 0 Å². The molecule has 1 aromatic rings. The number of hydrogen-bond acceptors (Lipinski definition) is 2. The van der Waals surface area contributed by atoms with E-state index >= 15 is 0 Å². The van der Waals surface area contributed by atoms with Gasteiger partial charge in [-0.05, 0) is 55.2 Å². The number of fused-ring (bicyclic) bond motifs is 2. The SMILES string of the molecule is CCCN1C2CC3c4ccccc4CC1C3CC2C(=O)O. The van der Waals surface area contributed by atoms with E-state index < -0.39 is 5.97 Å². The third-order valence-corrected chi connectivity index (χ3v) is 6.03. The molecular weight excluding hydrogens is 262 g/mol. The molecular formula is C18H23NO2. The van der Waals surface area contributed by atoms with Gasteiger partial charge in [0.2, 0.25) is 0 Å². The first-order valence-corrected chi connectivity index (χ1v) is 8.27. The Balaban J connectivity index is 1.75. The molecule has 5 atom stereocenters.